The molecule has 1 aliphatic rings. The van der Waals surface area contributed by atoms with Crippen LogP contribution in [0.3, 0.4) is 0 Å². The number of benzene rings is 1. The van der Waals surface area contributed by atoms with E-state index < -0.39 is 10.0 Å². The van der Waals surface area contributed by atoms with Crippen LogP contribution in [0, 0.1) is 0 Å². The van der Waals surface area contributed by atoms with Crippen LogP contribution in [0.2, 0.25) is 5.02 Å². The van der Waals surface area contributed by atoms with Crippen molar-refractivity contribution < 1.29 is 8.42 Å². The fourth-order valence-electron chi connectivity index (χ4n) is 2.45. The Morgan fingerprint density at radius 3 is 2.50 bits per heavy atom. The maximum Gasteiger partial charge on any atom is 0.211 e. The van der Waals surface area contributed by atoms with Crippen molar-refractivity contribution in [2.75, 3.05) is 25.9 Å². The monoisotopic (exact) mass is 338 g/mol. The van der Waals surface area contributed by atoms with Crippen LogP contribution < -0.4 is 5.32 Å². The number of nitrogens with zero attached hydrogens (tertiary/aromatic N) is 1. The number of nitrogens with one attached hydrogen (secondary N) is 1. The van der Waals surface area contributed by atoms with E-state index in [4.69, 9.17) is 11.6 Å². The number of hydrogen-bond acceptors (Lipinski definition) is 3. The standard InChI is InChI=1S/C13H19ClN2O2S.ClH/c1-19(17,18)16-10-9-15-8-2-3-13(16)11-4-6-12(14)7-5-11;/h4-7,13,15H,2-3,8-10H2,1H3;1H. The predicted octanol–water partition coefficient (Wildman–Crippen LogP) is 2.45. The molecule has 2 rings (SSSR count). The van der Waals surface area contributed by atoms with E-state index in [1.807, 2.05) is 24.3 Å². The Labute approximate surface area is 132 Å². The van der Waals surface area contributed by atoms with Crippen LogP contribution in [0.1, 0.15) is 24.4 Å². The molecule has 1 fully saturated rings. The van der Waals surface area contributed by atoms with Crippen molar-refractivity contribution in [3.8, 4) is 0 Å². The summed E-state index contributed by atoms with van der Waals surface area (Å²) in [5.74, 6) is 0. The SMILES string of the molecule is CS(=O)(=O)N1CCNCCCC1c1ccc(Cl)cc1.Cl. The van der Waals surface area contributed by atoms with E-state index in [0.717, 1.165) is 24.9 Å². The Morgan fingerprint density at radius 1 is 1.25 bits per heavy atom. The molecule has 1 aromatic rings. The number of hydrogen-bond donors (Lipinski definition) is 1. The molecule has 0 bridgehead atoms. The van der Waals surface area contributed by atoms with Crippen LogP contribution in [0.25, 0.3) is 0 Å². The van der Waals surface area contributed by atoms with Gasteiger partial charge >= 0.3 is 0 Å². The molecule has 4 nitrogen and oxygen atoms in total. The summed E-state index contributed by atoms with van der Waals surface area (Å²) in [5.41, 5.74) is 1.01. The van der Waals surface area contributed by atoms with Gasteiger partial charge in [-0.3, -0.25) is 0 Å². The van der Waals surface area contributed by atoms with Crippen molar-refractivity contribution >= 4 is 34.0 Å². The first-order chi connectivity index (χ1) is 8.98. The zero-order valence-corrected chi connectivity index (χ0v) is 13.8. The lowest BCUT2D eigenvalue weighted by Crippen LogP contribution is -2.41. The predicted molar refractivity (Wildman–Crippen MR) is 85.1 cm³/mol. The molecule has 1 N–H and O–H groups in total. The average Bonchev–Trinajstić information content (AvgIpc) is 2.28. The molecule has 0 aromatic heterocycles. The third kappa shape index (κ3) is 4.60. The van der Waals surface area contributed by atoms with Crippen LogP contribution in [0.5, 0.6) is 0 Å². The molecule has 1 atom stereocenters. The van der Waals surface area contributed by atoms with Gasteiger partial charge in [-0.05, 0) is 37.1 Å². The minimum absolute atomic E-state index is 0. The maximum absolute atomic E-state index is 12.0. The van der Waals surface area contributed by atoms with Gasteiger partial charge < -0.3 is 5.32 Å². The Bertz CT molecular complexity index is 520. The topological polar surface area (TPSA) is 49.4 Å². The number of sulfonamides is 1. The van der Waals surface area contributed by atoms with Crippen molar-refractivity contribution in [1.29, 1.82) is 0 Å². The van der Waals surface area contributed by atoms with Crippen LogP contribution in [-0.2, 0) is 10.0 Å². The molecule has 1 saturated heterocycles. The molecule has 0 saturated carbocycles. The van der Waals surface area contributed by atoms with Crippen molar-refractivity contribution in [3.05, 3.63) is 34.9 Å². The van der Waals surface area contributed by atoms with Gasteiger partial charge in [-0.1, -0.05) is 23.7 Å². The van der Waals surface area contributed by atoms with Crippen molar-refractivity contribution in [1.82, 2.24) is 9.62 Å². The fourth-order valence-corrected chi connectivity index (χ4v) is 3.69. The van der Waals surface area contributed by atoms with Crippen molar-refractivity contribution in [2.45, 2.75) is 18.9 Å². The van der Waals surface area contributed by atoms with E-state index in [2.05, 4.69) is 5.32 Å². The van der Waals surface area contributed by atoms with Crippen molar-refractivity contribution in [2.24, 2.45) is 0 Å². The van der Waals surface area contributed by atoms with Gasteiger partial charge in [0.2, 0.25) is 10.0 Å². The Kier molecular flexibility index (Phi) is 6.75. The second-order valence-electron chi connectivity index (χ2n) is 4.83. The maximum atomic E-state index is 12.0. The Morgan fingerprint density at radius 2 is 1.90 bits per heavy atom. The fraction of sp³-hybridized carbons (Fsp3) is 0.538. The normalized spacial score (nSPS) is 21.6. The van der Waals surface area contributed by atoms with E-state index in [1.165, 1.54) is 6.26 Å². The zero-order chi connectivity index (χ0) is 13.9. The first-order valence-electron chi connectivity index (χ1n) is 6.41. The molecular weight excluding hydrogens is 319 g/mol. The summed E-state index contributed by atoms with van der Waals surface area (Å²) in [6.07, 6.45) is 3.05. The molecule has 7 heteroatoms. The minimum Gasteiger partial charge on any atom is -0.315 e. The number of halogens is 2. The summed E-state index contributed by atoms with van der Waals surface area (Å²) in [6, 6.07) is 7.37. The molecule has 20 heavy (non-hydrogen) atoms. The average molecular weight is 339 g/mol. The molecule has 1 aromatic carbocycles. The van der Waals surface area contributed by atoms with Gasteiger partial charge in [0, 0.05) is 24.2 Å². The first-order valence-corrected chi connectivity index (χ1v) is 8.64. The van der Waals surface area contributed by atoms with Gasteiger partial charge in [-0.2, -0.15) is 4.31 Å². The summed E-state index contributed by atoms with van der Waals surface area (Å²) in [6.45, 7) is 2.13. The summed E-state index contributed by atoms with van der Waals surface area (Å²) in [7, 11) is -3.21. The van der Waals surface area contributed by atoms with Gasteiger partial charge in [0.15, 0.2) is 0 Å². The van der Waals surface area contributed by atoms with Crippen LogP contribution in [0.15, 0.2) is 24.3 Å². The Balaban J connectivity index is 0.00000200. The summed E-state index contributed by atoms with van der Waals surface area (Å²) < 4.78 is 25.5. The lowest BCUT2D eigenvalue weighted by Gasteiger charge is -2.32. The molecule has 0 aliphatic carbocycles. The highest BCUT2D eigenvalue weighted by Crippen LogP contribution is 2.29. The van der Waals surface area contributed by atoms with Crippen molar-refractivity contribution in [3.63, 3.8) is 0 Å². The zero-order valence-electron chi connectivity index (χ0n) is 11.4. The lowest BCUT2D eigenvalue weighted by molar-refractivity contribution is 0.287. The third-order valence-corrected chi connectivity index (χ3v) is 4.91. The second kappa shape index (κ2) is 7.61. The summed E-state index contributed by atoms with van der Waals surface area (Å²) in [5, 5.41) is 3.91. The molecule has 1 aliphatic heterocycles. The van der Waals surface area contributed by atoms with E-state index in [0.29, 0.717) is 18.1 Å². The number of rotatable bonds is 2. The first kappa shape index (κ1) is 17.7. The molecule has 0 spiro atoms. The van der Waals surface area contributed by atoms with E-state index in [-0.39, 0.29) is 18.4 Å². The van der Waals surface area contributed by atoms with E-state index >= 15 is 0 Å². The largest absolute Gasteiger partial charge is 0.315 e. The summed E-state index contributed by atoms with van der Waals surface area (Å²) >= 11 is 5.89. The van der Waals surface area contributed by atoms with Gasteiger partial charge in [0.25, 0.3) is 0 Å². The molecular formula is C13H20Cl2N2O2S. The van der Waals surface area contributed by atoms with Crippen LogP contribution in [0.4, 0.5) is 0 Å². The highest BCUT2D eigenvalue weighted by Gasteiger charge is 2.28. The Hall–Kier alpha value is -0.330. The molecule has 0 amide bonds. The minimum atomic E-state index is -3.21. The third-order valence-electron chi connectivity index (χ3n) is 3.37. The van der Waals surface area contributed by atoms with Gasteiger partial charge in [-0.25, -0.2) is 8.42 Å². The molecule has 0 radical (unpaired) electrons. The van der Waals surface area contributed by atoms with Gasteiger partial charge in [0.05, 0.1) is 6.26 Å². The molecule has 1 unspecified atom stereocenters. The lowest BCUT2D eigenvalue weighted by atomic mass is 10.0. The highest BCUT2D eigenvalue weighted by atomic mass is 35.5. The summed E-state index contributed by atoms with van der Waals surface area (Å²) in [4.78, 5) is 0. The van der Waals surface area contributed by atoms with Gasteiger partial charge in [-0.15, -0.1) is 12.4 Å². The van der Waals surface area contributed by atoms with Crippen LogP contribution >= 0.6 is 24.0 Å². The van der Waals surface area contributed by atoms with Gasteiger partial charge in [0.1, 0.15) is 0 Å². The molecule has 114 valence electrons. The highest BCUT2D eigenvalue weighted by molar-refractivity contribution is 7.88. The molecule has 1 heterocycles. The smallest absolute Gasteiger partial charge is 0.211 e. The van der Waals surface area contributed by atoms with Crippen LogP contribution in [-0.4, -0.2) is 38.6 Å². The second-order valence-corrected chi connectivity index (χ2v) is 7.20. The van der Waals surface area contributed by atoms with E-state index in [1.54, 1.807) is 4.31 Å². The van der Waals surface area contributed by atoms with E-state index in [9.17, 15) is 8.42 Å². The quantitative estimate of drug-likeness (QED) is 0.900.